The van der Waals surface area contributed by atoms with Gasteiger partial charge in [-0.05, 0) is 62.2 Å². The van der Waals surface area contributed by atoms with E-state index < -0.39 is 0 Å². The van der Waals surface area contributed by atoms with Crippen molar-refractivity contribution in [2.45, 2.75) is 19.8 Å². The Hall–Kier alpha value is -3.05. The number of morpholine rings is 1. The zero-order valence-corrected chi connectivity index (χ0v) is 16.7. The van der Waals surface area contributed by atoms with Crippen LogP contribution in [0.25, 0.3) is 0 Å². The van der Waals surface area contributed by atoms with E-state index in [0.29, 0.717) is 11.3 Å². The molecule has 1 amide bonds. The van der Waals surface area contributed by atoms with Crippen LogP contribution in [0, 0.1) is 6.92 Å². The van der Waals surface area contributed by atoms with Crippen LogP contribution in [0.5, 0.6) is 11.5 Å². The maximum atomic E-state index is 12.7. The van der Waals surface area contributed by atoms with Gasteiger partial charge in [-0.25, -0.2) is 0 Å². The first-order valence-corrected chi connectivity index (χ1v) is 10.1. The average molecular weight is 390 g/mol. The third-order valence-electron chi connectivity index (χ3n) is 5.17. The quantitative estimate of drug-likeness (QED) is 0.822. The van der Waals surface area contributed by atoms with Crippen LogP contribution < -0.4 is 10.1 Å². The van der Waals surface area contributed by atoms with Crippen LogP contribution in [0.1, 0.15) is 28.8 Å². The van der Waals surface area contributed by atoms with Crippen LogP contribution in [0.2, 0.25) is 0 Å². The summed E-state index contributed by atoms with van der Waals surface area (Å²) in [6.45, 7) is 5.48. The summed E-state index contributed by atoms with van der Waals surface area (Å²) in [6.07, 6.45) is 5.89. The van der Waals surface area contributed by atoms with Crippen LogP contribution in [0.15, 0.2) is 72.1 Å². The third-order valence-corrected chi connectivity index (χ3v) is 5.17. The van der Waals surface area contributed by atoms with Gasteiger partial charge < -0.3 is 19.7 Å². The number of nitrogens with zero attached hydrogens (tertiary/aromatic N) is 1. The van der Waals surface area contributed by atoms with Gasteiger partial charge in [-0.1, -0.05) is 23.8 Å². The van der Waals surface area contributed by atoms with Gasteiger partial charge in [0, 0.05) is 30.0 Å². The second-order valence-corrected chi connectivity index (χ2v) is 7.35. The number of amides is 1. The van der Waals surface area contributed by atoms with Crippen molar-refractivity contribution >= 4 is 5.91 Å². The van der Waals surface area contributed by atoms with E-state index in [0.717, 1.165) is 50.6 Å². The lowest BCUT2D eigenvalue weighted by Crippen LogP contribution is -2.36. The van der Waals surface area contributed by atoms with Crippen LogP contribution >= 0.6 is 0 Å². The number of benzene rings is 2. The second kappa shape index (κ2) is 8.97. The standard InChI is InChI=1S/C24H26N2O3/c1-18-5-11-22(12-6-18)29-23-4-2-3-19(17-23)24(27)25-20-7-9-21(10-8-20)26-13-15-28-16-14-26/h2-7,9,11-12,17H,8,10,13-16H2,1H3,(H,25,27). The van der Waals surface area contributed by atoms with E-state index in [1.807, 2.05) is 49.4 Å². The molecule has 0 atom stereocenters. The molecule has 2 aliphatic rings. The molecule has 1 aliphatic carbocycles. The highest BCUT2D eigenvalue weighted by Crippen LogP contribution is 2.24. The molecule has 0 radical (unpaired) electrons. The summed E-state index contributed by atoms with van der Waals surface area (Å²) in [5.41, 5.74) is 4.02. The number of aryl methyl sites for hydroxylation is 1. The summed E-state index contributed by atoms with van der Waals surface area (Å²) in [5.74, 6) is 1.28. The minimum absolute atomic E-state index is 0.117. The van der Waals surface area contributed by atoms with Crippen molar-refractivity contribution in [1.82, 2.24) is 10.2 Å². The molecule has 1 fully saturated rings. The topological polar surface area (TPSA) is 50.8 Å². The van der Waals surface area contributed by atoms with E-state index in [1.54, 1.807) is 12.1 Å². The maximum Gasteiger partial charge on any atom is 0.255 e. The molecular formula is C24H26N2O3. The Morgan fingerprint density at radius 1 is 1.00 bits per heavy atom. The van der Waals surface area contributed by atoms with Crippen molar-refractivity contribution in [3.8, 4) is 11.5 Å². The van der Waals surface area contributed by atoms with Gasteiger partial charge in [0.2, 0.25) is 0 Å². The molecule has 0 unspecified atom stereocenters. The lowest BCUT2D eigenvalue weighted by Gasteiger charge is -2.32. The van der Waals surface area contributed by atoms with Crippen molar-refractivity contribution in [2.75, 3.05) is 26.3 Å². The summed E-state index contributed by atoms with van der Waals surface area (Å²) < 4.78 is 11.3. The molecule has 29 heavy (non-hydrogen) atoms. The highest BCUT2D eigenvalue weighted by molar-refractivity contribution is 5.95. The van der Waals surface area contributed by atoms with Gasteiger partial charge in [-0.15, -0.1) is 0 Å². The maximum absolute atomic E-state index is 12.7. The lowest BCUT2D eigenvalue weighted by molar-refractivity contribution is 0.0519. The van der Waals surface area contributed by atoms with E-state index >= 15 is 0 Å². The zero-order valence-electron chi connectivity index (χ0n) is 16.7. The summed E-state index contributed by atoms with van der Waals surface area (Å²) in [6, 6.07) is 15.1. The van der Waals surface area contributed by atoms with E-state index in [4.69, 9.17) is 9.47 Å². The number of carbonyl (C=O) groups excluding carboxylic acids is 1. The fourth-order valence-corrected chi connectivity index (χ4v) is 3.51. The Kier molecular flexibility index (Phi) is 5.96. The Bertz CT molecular complexity index is 925. The van der Waals surface area contributed by atoms with Crippen LogP contribution in [-0.2, 0) is 4.74 Å². The molecular weight excluding hydrogens is 364 g/mol. The molecule has 0 saturated carbocycles. The molecule has 5 heteroatoms. The number of rotatable bonds is 5. The molecule has 150 valence electrons. The first-order valence-electron chi connectivity index (χ1n) is 10.1. The van der Waals surface area contributed by atoms with Gasteiger partial charge in [0.05, 0.1) is 13.2 Å². The highest BCUT2D eigenvalue weighted by atomic mass is 16.5. The lowest BCUT2D eigenvalue weighted by atomic mass is 10.1. The normalized spacial score (nSPS) is 16.7. The van der Waals surface area contributed by atoms with Crippen molar-refractivity contribution < 1.29 is 14.3 Å². The van der Waals surface area contributed by atoms with Crippen LogP contribution in [0.4, 0.5) is 0 Å². The first-order chi connectivity index (χ1) is 14.2. The minimum atomic E-state index is -0.117. The van der Waals surface area contributed by atoms with Crippen molar-refractivity contribution in [2.24, 2.45) is 0 Å². The SMILES string of the molecule is Cc1ccc(Oc2cccc(C(=O)NC3=CC=C(N4CCOCC4)CC3)c2)cc1. The third kappa shape index (κ3) is 5.06. The molecule has 1 saturated heterocycles. The van der Waals surface area contributed by atoms with Gasteiger partial charge in [-0.2, -0.15) is 0 Å². The first kappa shape index (κ1) is 19.3. The molecule has 4 rings (SSSR count). The van der Waals surface area contributed by atoms with Crippen LogP contribution in [0.3, 0.4) is 0 Å². The summed E-state index contributed by atoms with van der Waals surface area (Å²) in [4.78, 5) is 15.1. The molecule has 0 spiro atoms. The van der Waals surface area contributed by atoms with E-state index in [2.05, 4.69) is 16.3 Å². The Morgan fingerprint density at radius 2 is 1.79 bits per heavy atom. The molecule has 0 bridgehead atoms. The van der Waals surface area contributed by atoms with Gasteiger partial charge in [0.1, 0.15) is 11.5 Å². The van der Waals surface area contributed by atoms with Crippen molar-refractivity contribution in [3.05, 3.63) is 83.2 Å². The smallest absolute Gasteiger partial charge is 0.255 e. The van der Waals surface area contributed by atoms with E-state index in [-0.39, 0.29) is 5.91 Å². The predicted octanol–water partition coefficient (Wildman–Crippen LogP) is 4.41. The van der Waals surface area contributed by atoms with Crippen molar-refractivity contribution in [3.63, 3.8) is 0 Å². The molecule has 1 N–H and O–H groups in total. The van der Waals surface area contributed by atoms with E-state index in [1.165, 1.54) is 11.3 Å². The Balaban J connectivity index is 1.39. The summed E-state index contributed by atoms with van der Waals surface area (Å²) in [7, 11) is 0. The van der Waals surface area contributed by atoms with Gasteiger partial charge in [-0.3, -0.25) is 4.79 Å². The highest BCUT2D eigenvalue weighted by Gasteiger charge is 2.17. The second-order valence-electron chi connectivity index (χ2n) is 7.35. The van der Waals surface area contributed by atoms with Crippen molar-refractivity contribution in [1.29, 1.82) is 0 Å². The fourth-order valence-electron chi connectivity index (χ4n) is 3.51. The zero-order chi connectivity index (χ0) is 20.1. The number of carbonyl (C=O) groups is 1. The largest absolute Gasteiger partial charge is 0.457 e. The monoisotopic (exact) mass is 390 g/mol. The minimum Gasteiger partial charge on any atom is -0.457 e. The molecule has 2 aromatic rings. The number of hydrogen-bond acceptors (Lipinski definition) is 4. The van der Waals surface area contributed by atoms with Gasteiger partial charge >= 0.3 is 0 Å². The average Bonchev–Trinajstić information content (AvgIpc) is 2.77. The van der Waals surface area contributed by atoms with E-state index in [9.17, 15) is 4.79 Å². The summed E-state index contributed by atoms with van der Waals surface area (Å²) in [5, 5.41) is 3.04. The molecule has 1 aliphatic heterocycles. The Labute approximate surface area is 171 Å². The number of nitrogens with one attached hydrogen (secondary N) is 1. The number of ether oxygens (including phenoxy) is 2. The number of hydrogen-bond donors (Lipinski definition) is 1. The van der Waals surface area contributed by atoms with Gasteiger partial charge in [0.25, 0.3) is 5.91 Å². The molecule has 2 aromatic carbocycles. The predicted molar refractivity (Wildman–Crippen MR) is 113 cm³/mol. The van der Waals surface area contributed by atoms with Crippen LogP contribution in [-0.4, -0.2) is 37.1 Å². The number of allylic oxidation sites excluding steroid dienone is 4. The molecule has 0 aromatic heterocycles. The summed E-state index contributed by atoms with van der Waals surface area (Å²) >= 11 is 0. The molecule has 1 heterocycles. The fraction of sp³-hybridized carbons (Fsp3) is 0.292. The molecule has 5 nitrogen and oxygen atoms in total. The van der Waals surface area contributed by atoms with Gasteiger partial charge in [0.15, 0.2) is 0 Å². The Morgan fingerprint density at radius 3 is 2.52 bits per heavy atom.